The second-order valence-corrected chi connectivity index (χ2v) is 5.86. The first-order chi connectivity index (χ1) is 9.62. The molecule has 0 bridgehead atoms. The van der Waals surface area contributed by atoms with E-state index in [-0.39, 0.29) is 11.4 Å². The Morgan fingerprint density at radius 3 is 2.80 bits per heavy atom. The van der Waals surface area contributed by atoms with Crippen LogP contribution in [0.5, 0.6) is 0 Å². The number of hydrogen-bond acceptors (Lipinski definition) is 5. The van der Waals surface area contributed by atoms with Gasteiger partial charge < -0.3 is 5.32 Å². The molecule has 0 aliphatic carbocycles. The van der Waals surface area contributed by atoms with Crippen LogP contribution in [0.25, 0.3) is 0 Å². The van der Waals surface area contributed by atoms with E-state index in [0.29, 0.717) is 12.4 Å². The zero-order valence-electron chi connectivity index (χ0n) is 11.1. The fourth-order valence-corrected chi connectivity index (χ4v) is 2.65. The van der Waals surface area contributed by atoms with Crippen molar-refractivity contribution < 1.29 is 8.42 Å². The van der Waals surface area contributed by atoms with E-state index in [2.05, 4.69) is 20.0 Å². The van der Waals surface area contributed by atoms with Gasteiger partial charge in [0, 0.05) is 37.7 Å². The summed E-state index contributed by atoms with van der Waals surface area (Å²) in [6, 6.07) is 6.55. The van der Waals surface area contributed by atoms with Crippen molar-refractivity contribution in [3.63, 3.8) is 0 Å². The minimum absolute atomic E-state index is 0.187. The van der Waals surface area contributed by atoms with Crippen molar-refractivity contribution in [1.29, 1.82) is 0 Å². The van der Waals surface area contributed by atoms with Gasteiger partial charge in [-0.05, 0) is 24.6 Å². The molecule has 0 aromatic carbocycles. The summed E-state index contributed by atoms with van der Waals surface area (Å²) in [6.45, 7) is 2.80. The molecular formula is C13H16N4O2S. The average molecular weight is 292 g/mol. The van der Waals surface area contributed by atoms with Crippen LogP contribution in [-0.2, 0) is 16.6 Å². The van der Waals surface area contributed by atoms with E-state index in [0.717, 1.165) is 5.56 Å². The number of nitrogens with zero attached hydrogens (tertiary/aromatic N) is 2. The molecule has 0 radical (unpaired) electrons. The summed E-state index contributed by atoms with van der Waals surface area (Å²) in [5, 5.41) is 2.98. The Kier molecular flexibility index (Phi) is 4.65. The largest absolute Gasteiger partial charge is 0.370 e. The lowest BCUT2D eigenvalue weighted by atomic mass is 10.3. The summed E-state index contributed by atoms with van der Waals surface area (Å²) in [6.07, 6.45) is 4.74. The number of rotatable bonds is 6. The van der Waals surface area contributed by atoms with Crippen LogP contribution in [0.4, 0.5) is 5.82 Å². The molecule has 7 heteroatoms. The number of aromatic nitrogens is 2. The van der Waals surface area contributed by atoms with Gasteiger partial charge in [0.2, 0.25) is 10.0 Å². The van der Waals surface area contributed by atoms with Crippen LogP contribution in [0.2, 0.25) is 0 Å². The van der Waals surface area contributed by atoms with Gasteiger partial charge in [0.1, 0.15) is 5.82 Å². The summed E-state index contributed by atoms with van der Waals surface area (Å²) in [7, 11) is -3.56. The molecular weight excluding hydrogens is 276 g/mol. The first-order valence-corrected chi connectivity index (χ1v) is 7.68. The third-order valence-corrected chi connectivity index (χ3v) is 3.99. The molecule has 2 N–H and O–H groups in total. The van der Waals surface area contributed by atoms with Gasteiger partial charge in [-0.1, -0.05) is 6.07 Å². The lowest BCUT2D eigenvalue weighted by Crippen LogP contribution is -2.23. The maximum absolute atomic E-state index is 12.2. The molecule has 2 aromatic rings. The molecule has 0 saturated carbocycles. The van der Waals surface area contributed by atoms with Crippen LogP contribution in [0.1, 0.15) is 12.5 Å². The Morgan fingerprint density at radius 2 is 2.10 bits per heavy atom. The molecule has 6 nitrogen and oxygen atoms in total. The highest BCUT2D eigenvalue weighted by molar-refractivity contribution is 7.89. The minimum Gasteiger partial charge on any atom is -0.370 e. The topological polar surface area (TPSA) is 84.0 Å². The SMILES string of the molecule is CCNc1cc(S(=O)(=O)NCc2cccnc2)ccn1. The third-order valence-electron chi connectivity index (χ3n) is 2.59. The number of nitrogens with one attached hydrogen (secondary N) is 2. The normalized spacial score (nSPS) is 11.2. The molecule has 106 valence electrons. The molecule has 0 saturated heterocycles. The van der Waals surface area contributed by atoms with E-state index < -0.39 is 10.0 Å². The minimum atomic E-state index is -3.56. The molecule has 20 heavy (non-hydrogen) atoms. The van der Waals surface area contributed by atoms with Crippen LogP contribution in [0.3, 0.4) is 0 Å². The average Bonchev–Trinajstić information content (AvgIpc) is 2.47. The highest BCUT2D eigenvalue weighted by atomic mass is 32.2. The van der Waals surface area contributed by atoms with E-state index >= 15 is 0 Å². The van der Waals surface area contributed by atoms with Crippen LogP contribution in [0, 0.1) is 0 Å². The predicted octanol–water partition coefficient (Wildman–Crippen LogP) is 1.39. The van der Waals surface area contributed by atoms with Crippen molar-refractivity contribution in [1.82, 2.24) is 14.7 Å². The monoisotopic (exact) mass is 292 g/mol. The standard InChI is InChI=1S/C13H16N4O2S/c1-2-15-13-8-12(5-7-16-13)20(18,19)17-10-11-4-3-6-14-9-11/h3-9,17H,2,10H2,1H3,(H,15,16). The van der Waals surface area contributed by atoms with Crippen molar-refractivity contribution in [2.24, 2.45) is 0 Å². The molecule has 2 aromatic heterocycles. The molecule has 0 fully saturated rings. The van der Waals surface area contributed by atoms with E-state index in [9.17, 15) is 8.42 Å². The van der Waals surface area contributed by atoms with Crippen molar-refractivity contribution in [3.05, 3.63) is 48.4 Å². The van der Waals surface area contributed by atoms with E-state index in [1.807, 2.05) is 13.0 Å². The van der Waals surface area contributed by atoms with Gasteiger partial charge in [0.05, 0.1) is 4.90 Å². The summed E-state index contributed by atoms with van der Waals surface area (Å²) >= 11 is 0. The second-order valence-electron chi connectivity index (χ2n) is 4.09. The quantitative estimate of drug-likeness (QED) is 0.840. The molecule has 0 unspecified atom stereocenters. The highest BCUT2D eigenvalue weighted by Gasteiger charge is 2.14. The van der Waals surface area contributed by atoms with Gasteiger partial charge in [-0.15, -0.1) is 0 Å². The van der Waals surface area contributed by atoms with E-state index in [1.165, 1.54) is 18.3 Å². The number of sulfonamides is 1. The van der Waals surface area contributed by atoms with E-state index in [1.54, 1.807) is 18.5 Å². The Morgan fingerprint density at radius 1 is 1.25 bits per heavy atom. The van der Waals surface area contributed by atoms with Crippen molar-refractivity contribution in [2.45, 2.75) is 18.4 Å². The first-order valence-electron chi connectivity index (χ1n) is 6.20. The van der Waals surface area contributed by atoms with Gasteiger partial charge in [-0.25, -0.2) is 18.1 Å². The Labute approximate surface area is 118 Å². The zero-order valence-corrected chi connectivity index (χ0v) is 11.9. The number of pyridine rings is 2. The number of hydrogen-bond donors (Lipinski definition) is 2. The zero-order chi connectivity index (χ0) is 14.4. The maximum Gasteiger partial charge on any atom is 0.241 e. The molecule has 0 aliphatic rings. The molecule has 0 aliphatic heterocycles. The van der Waals surface area contributed by atoms with Crippen LogP contribution in [-0.4, -0.2) is 24.9 Å². The van der Waals surface area contributed by atoms with Crippen molar-refractivity contribution in [2.75, 3.05) is 11.9 Å². The van der Waals surface area contributed by atoms with Crippen LogP contribution >= 0.6 is 0 Å². The summed E-state index contributed by atoms with van der Waals surface area (Å²) in [5.41, 5.74) is 0.803. The van der Waals surface area contributed by atoms with Crippen LogP contribution < -0.4 is 10.0 Å². The summed E-state index contributed by atoms with van der Waals surface area (Å²) in [4.78, 5) is 8.18. The van der Waals surface area contributed by atoms with Crippen molar-refractivity contribution in [3.8, 4) is 0 Å². The predicted molar refractivity (Wildman–Crippen MR) is 76.7 cm³/mol. The first kappa shape index (κ1) is 14.4. The van der Waals surface area contributed by atoms with Gasteiger partial charge in [-0.3, -0.25) is 4.98 Å². The fraction of sp³-hybridized carbons (Fsp3) is 0.231. The van der Waals surface area contributed by atoms with E-state index in [4.69, 9.17) is 0 Å². The molecule has 0 amide bonds. The summed E-state index contributed by atoms with van der Waals surface area (Å²) < 4.78 is 26.9. The van der Waals surface area contributed by atoms with Crippen LogP contribution in [0.15, 0.2) is 47.8 Å². The van der Waals surface area contributed by atoms with Crippen molar-refractivity contribution >= 4 is 15.8 Å². The van der Waals surface area contributed by atoms with Gasteiger partial charge in [0.15, 0.2) is 0 Å². The number of anilines is 1. The summed E-state index contributed by atoms with van der Waals surface area (Å²) in [5.74, 6) is 0.539. The van der Waals surface area contributed by atoms with Gasteiger partial charge >= 0.3 is 0 Å². The maximum atomic E-state index is 12.2. The Hall–Kier alpha value is -1.99. The molecule has 2 heterocycles. The second kappa shape index (κ2) is 6.44. The molecule has 0 spiro atoms. The Balaban J connectivity index is 2.12. The smallest absolute Gasteiger partial charge is 0.241 e. The third kappa shape index (κ3) is 3.75. The Bertz CT molecular complexity index is 659. The fourth-order valence-electron chi connectivity index (χ4n) is 1.62. The highest BCUT2D eigenvalue weighted by Crippen LogP contribution is 2.12. The van der Waals surface area contributed by atoms with Gasteiger partial charge in [0.25, 0.3) is 0 Å². The lowest BCUT2D eigenvalue weighted by Gasteiger charge is -2.08. The lowest BCUT2D eigenvalue weighted by molar-refractivity contribution is 0.581. The molecule has 2 rings (SSSR count). The molecule has 0 atom stereocenters. The van der Waals surface area contributed by atoms with Gasteiger partial charge in [-0.2, -0.15) is 0 Å².